The molecule has 188 valence electrons. The second-order valence-electron chi connectivity index (χ2n) is 9.53. The SMILES string of the molecule is CCCCCCc1ccccc1C(=O)c1c(CCCCCC)c2c(=O)[nH]c(=O)c2c2c(=O)[nH]c(=O)c12. The highest BCUT2D eigenvalue weighted by atomic mass is 16.2. The Bertz CT molecular complexity index is 1620. The molecule has 0 aliphatic rings. The Morgan fingerprint density at radius 1 is 0.639 bits per heavy atom. The van der Waals surface area contributed by atoms with E-state index in [-0.39, 0.29) is 32.9 Å². The summed E-state index contributed by atoms with van der Waals surface area (Å²) in [6.45, 7) is 4.22. The van der Waals surface area contributed by atoms with Gasteiger partial charge in [0.1, 0.15) is 0 Å². The van der Waals surface area contributed by atoms with Crippen molar-refractivity contribution in [3.05, 3.63) is 87.9 Å². The summed E-state index contributed by atoms with van der Waals surface area (Å²) >= 11 is 0. The molecule has 0 amide bonds. The van der Waals surface area contributed by atoms with Gasteiger partial charge in [0, 0.05) is 11.1 Å². The second-order valence-corrected chi connectivity index (χ2v) is 9.53. The van der Waals surface area contributed by atoms with Crippen molar-refractivity contribution in [3.63, 3.8) is 0 Å². The van der Waals surface area contributed by atoms with Crippen LogP contribution in [0.3, 0.4) is 0 Å². The van der Waals surface area contributed by atoms with Gasteiger partial charge in [-0.25, -0.2) is 0 Å². The van der Waals surface area contributed by atoms with Crippen molar-refractivity contribution >= 4 is 27.3 Å². The van der Waals surface area contributed by atoms with Gasteiger partial charge in [0.05, 0.1) is 21.5 Å². The van der Waals surface area contributed by atoms with Gasteiger partial charge in [0.15, 0.2) is 5.78 Å². The number of rotatable bonds is 12. The maximum Gasteiger partial charge on any atom is 0.259 e. The van der Waals surface area contributed by atoms with Crippen molar-refractivity contribution in [2.24, 2.45) is 0 Å². The summed E-state index contributed by atoms with van der Waals surface area (Å²) < 4.78 is 0. The van der Waals surface area contributed by atoms with Crippen LogP contribution < -0.4 is 22.2 Å². The fourth-order valence-corrected chi connectivity index (χ4v) is 5.26. The number of ketones is 1. The number of aromatic nitrogens is 2. The number of nitrogens with one attached hydrogen (secondary N) is 2. The lowest BCUT2D eigenvalue weighted by Gasteiger charge is -2.14. The number of benzene rings is 2. The van der Waals surface area contributed by atoms with Crippen LogP contribution in [0.15, 0.2) is 43.4 Å². The number of carbonyl (C=O) groups excluding carboxylic acids is 1. The molecule has 0 saturated heterocycles. The molecular formula is C29H32N2O5. The van der Waals surface area contributed by atoms with E-state index in [1.807, 2.05) is 12.1 Å². The monoisotopic (exact) mass is 488 g/mol. The van der Waals surface area contributed by atoms with Gasteiger partial charge in [-0.3, -0.25) is 33.9 Å². The summed E-state index contributed by atoms with van der Waals surface area (Å²) in [6, 6.07) is 7.30. The summed E-state index contributed by atoms with van der Waals surface area (Å²) in [6.07, 6.45) is 8.84. The zero-order valence-corrected chi connectivity index (χ0v) is 20.9. The summed E-state index contributed by atoms with van der Waals surface area (Å²) in [5.74, 6) is -0.386. The highest BCUT2D eigenvalue weighted by molar-refractivity contribution is 6.23. The molecule has 4 rings (SSSR count). The number of hydrogen-bond donors (Lipinski definition) is 2. The van der Waals surface area contributed by atoms with Gasteiger partial charge in [-0.05, 0) is 36.8 Å². The van der Waals surface area contributed by atoms with Crippen molar-refractivity contribution in [1.82, 2.24) is 9.97 Å². The molecule has 0 fully saturated rings. The fourth-order valence-electron chi connectivity index (χ4n) is 5.26. The van der Waals surface area contributed by atoms with Crippen molar-refractivity contribution < 1.29 is 4.79 Å². The molecule has 2 N–H and O–H groups in total. The van der Waals surface area contributed by atoms with E-state index in [9.17, 15) is 24.0 Å². The number of fused-ring (bicyclic) bond motifs is 3. The first-order valence-electron chi connectivity index (χ1n) is 13.0. The minimum absolute atomic E-state index is 0.0591. The molecule has 0 saturated carbocycles. The first kappa shape index (κ1) is 25.5. The number of carbonyl (C=O) groups is 1. The minimum Gasteiger partial charge on any atom is -0.289 e. The molecule has 2 heterocycles. The van der Waals surface area contributed by atoms with Crippen LogP contribution in [0, 0.1) is 0 Å². The largest absolute Gasteiger partial charge is 0.289 e. The maximum atomic E-state index is 14.2. The van der Waals surface area contributed by atoms with Gasteiger partial charge in [-0.1, -0.05) is 76.6 Å². The Labute approximate surface area is 208 Å². The van der Waals surface area contributed by atoms with Crippen molar-refractivity contribution in [3.8, 4) is 0 Å². The maximum absolute atomic E-state index is 14.2. The van der Waals surface area contributed by atoms with Gasteiger partial charge in [-0.2, -0.15) is 0 Å². The molecule has 0 bridgehead atoms. The van der Waals surface area contributed by atoms with Crippen LogP contribution in [0.5, 0.6) is 0 Å². The van der Waals surface area contributed by atoms with Crippen LogP contribution in [0.25, 0.3) is 21.5 Å². The quantitative estimate of drug-likeness (QED) is 0.226. The van der Waals surface area contributed by atoms with E-state index in [1.54, 1.807) is 12.1 Å². The molecule has 2 aromatic heterocycles. The predicted octanol–water partition coefficient (Wildman–Crippen LogP) is 4.44. The molecule has 4 aromatic rings. The number of aromatic amines is 2. The number of hydrogen-bond acceptors (Lipinski definition) is 5. The zero-order valence-electron chi connectivity index (χ0n) is 20.9. The van der Waals surface area contributed by atoms with Crippen LogP contribution in [0.2, 0.25) is 0 Å². The van der Waals surface area contributed by atoms with Crippen molar-refractivity contribution in [2.45, 2.75) is 78.1 Å². The number of unbranched alkanes of at least 4 members (excludes halogenated alkanes) is 6. The molecule has 0 aliphatic carbocycles. The normalized spacial score (nSPS) is 11.6. The van der Waals surface area contributed by atoms with Gasteiger partial charge < -0.3 is 0 Å². The molecular weight excluding hydrogens is 456 g/mol. The minimum atomic E-state index is -0.754. The van der Waals surface area contributed by atoms with Gasteiger partial charge in [0.25, 0.3) is 22.2 Å². The molecule has 36 heavy (non-hydrogen) atoms. The summed E-state index contributed by atoms with van der Waals surface area (Å²) in [4.78, 5) is 70.0. The number of H-pyrrole nitrogens is 2. The predicted molar refractivity (Wildman–Crippen MR) is 143 cm³/mol. The van der Waals surface area contributed by atoms with Gasteiger partial charge in [-0.15, -0.1) is 0 Å². The van der Waals surface area contributed by atoms with Gasteiger partial charge in [0.2, 0.25) is 0 Å². The highest BCUT2D eigenvalue weighted by Crippen LogP contribution is 2.31. The third kappa shape index (κ3) is 4.62. The first-order chi connectivity index (χ1) is 17.4. The van der Waals surface area contributed by atoms with Crippen LogP contribution in [0.1, 0.15) is 92.3 Å². The molecule has 0 atom stereocenters. The van der Waals surface area contributed by atoms with Crippen LogP contribution in [0.4, 0.5) is 0 Å². The van der Waals surface area contributed by atoms with E-state index in [4.69, 9.17) is 0 Å². The van der Waals surface area contributed by atoms with E-state index < -0.39 is 22.2 Å². The summed E-state index contributed by atoms with van der Waals surface area (Å²) in [5.41, 5.74) is -0.996. The molecule has 7 heteroatoms. The Hall–Kier alpha value is -3.61. The van der Waals surface area contributed by atoms with E-state index >= 15 is 0 Å². The average molecular weight is 489 g/mol. The highest BCUT2D eigenvalue weighted by Gasteiger charge is 2.29. The lowest BCUT2D eigenvalue weighted by atomic mass is 9.86. The van der Waals surface area contributed by atoms with E-state index in [2.05, 4.69) is 23.8 Å². The van der Waals surface area contributed by atoms with E-state index in [0.717, 1.165) is 50.5 Å². The Kier molecular flexibility index (Phi) is 7.77. The third-order valence-electron chi connectivity index (χ3n) is 7.03. The molecule has 0 unspecified atom stereocenters. The Balaban J connectivity index is 1.98. The molecule has 0 radical (unpaired) electrons. The lowest BCUT2D eigenvalue weighted by molar-refractivity contribution is 0.103. The first-order valence-corrected chi connectivity index (χ1v) is 13.0. The van der Waals surface area contributed by atoms with Crippen molar-refractivity contribution in [2.75, 3.05) is 0 Å². The topological polar surface area (TPSA) is 117 Å². The second kappa shape index (κ2) is 11.0. The van der Waals surface area contributed by atoms with E-state index in [0.29, 0.717) is 30.4 Å². The van der Waals surface area contributed by atoms with Crippen molar-refractivity contribution in [1.29, 1.82) is 0 Å². The summed E-state index contributed by atoms with van der Waals surface area (Å²) in [5, 5.41) is -0.281. The standard InChI is InChI=1S/C29H32N2O5/c1-3-5-7-9-13-17-14-11-12-15-18(17)25(32)20-19(16-10-8-6-4-2)21-23(28(35)30-26(21)33)24-22(20)27(34)31-29(24)36/h11-12,14-15H,3-10,13,16H2,1-2H3,(H,30,33,35)(H,31,34,36). The lowest BCUT2D eigenvalue weighted by Crippen LogP contribution is -2.15. The van der Waals surface area contributed by atoms with Crippen LogP contribution in [-0.4, -0.2) is 15.8 Å². The fraction of sp³-hybridized carbons (Fsp3) is 0.414. The Morgan fingerprint density at radius 2 is 1.17 bits per heavy atom. The molecule has 0 spiro atoms. The molecule has 2 aromatic carbocycles. The number of aryl methyl sites for hydroxylation is 2. The van der Waals surface area contributed by atoms with Crippen LogP contribution in [-0.2, 0) is 12.8 Å². The smallest absolute Gasteiger partial charge is 0.259 e. The molecule has 7 nitrogen and oxygen atoms in total. The zero-order chi connectivity index (χ0) is 25.8. The Morgan fingerprint density at radius 3 is 1.81 bits per heavy atom. The molecule has 0 aliphatic heterocycles. The van der Waals surface area contributed by atoms with Gasteiger partial charge >= 0.3 is 0 Å². The summed E-state index contributed by atoms with van der Waals surface area (Å²) in [7, 11) is 0. The van der Waals surface area contributed by atoms with Crippen LogP contribution >= 0.6 is 0 Å². The average Bonchev–Trinajstić information content (AvgIpc) is 3.33. The van der Waals surface area contributed by atoms with E-state index in [1.165, 1.54) is 0 Å². The third-order valence-corrected chi connectivity index (χ3v) is 7.03.